The Kier molecular flexibility index (Phi) is 4.44. The molecule has 1 aliphatic rings. The standard InChI is InChI=1S/C17H14ClF4NO/c1-10(11-2-4-14(5-3-11)24-17(20,21)22)23-8-12-6-13(19)7-16(18)15(12)9-23/h2-7,10H,8-9H2,1H3. The van der Waals surface area contributed by atoms with Crippen LogP contribution in [0.1, 0.15) is 29.7 Å². The number of hydrogen-bond acceptors (Lipinski definition) is 2. The number of benzene rings is 2. The summed E-state index contributed by atoms with van der Waals surface area (Å²) < 4.78 is 53.9. The van der Waals surface area contributed by atoms with Crippen molar-refractivity contribution >= 4 is 11.6 Å². The molecule has 2 aromatic carbocycles. The van der Waals surface area contributed by atoms with Crippen molar-refractivity contribution in [2.75, 3.05) is 0 Å². The fraction of sp³-hybridized carbons (Fsp3) is 0.294. The van der Waals surface area contributed by atoms with Gasteiger partial charge in [-0.3, -0.25) is 4.90 Å². The van der Waals surface area contributed by atoms with E-state index in [0.29, 0.717) is 18.1 Å². The molecule has 3 rings (SSSR count). The van der Waals surface area contributed by atoms with Gasteiger partial charge in [0.1, 0.15) is 11.6 Å². The fourth-order valence-electron chi connectivity index (χ4n) is 2.89. The minimum atomic E-state index is -4.70. The van der Waals surface area contributed by atoms with E-state index in [2.05, 4.69) is 9.64 Å². The molecule has 0 radical (unpaired) electrons. The van der Waals surface area contributed by atoms with E-state index in [1.807, 2.05) is 6.92 Å². The van der Waals surface area contributed by atoms with Crippen LogP contribution in [0, 0.1) is 5.82 Å². The molecule has 0 saturated heterocycles. The first kappa shape index (κ1) is 17.0. The summed E-state index contributed by atoms with van der Waals surface area (Å²) in [5, 5.41) is 0.397. The summed E-state index contributed by atoms with van der Waals surface area (Å²) in [6, 6.07) is 8.46. The Morgan fingerprint density at radius 3 is 2.42 bits per heavy atom. The van der Waals surface area contributed by atoms with Gasteiger partial charge < -0.3 is 4.74 Å². The van der Waals surface area contributed by atoms with Gasteiger partial charge in [0.25, 0.3) is 0 Å². The highest BCUT2D eigenvalue weighted by Crippen LogP contribution is 2.35. The molecule has 7 heteroatoms. The van der Waals surface area contributed by atoms with Gasteiger partial charge in [0, 0.05) is 24.2 Å². The van der Waals surface area contributed by atoms with Crippen molar-refractivity contribution in [1.29, 1.82) is 0 Å². The Hall–Kier alpha value is -1.79. The minimum Gasteiger partial charge on any atom is -0.406 e. The van der Waals surface area contributed by atoms with Crippen molar-refractivity contribution in [3.63, 3.8) is 0 Å². The maximum atomic E-state index is 13.4. The number of nitrogens with zero attached hydrogens (tertiary/aromatic N) is 1. The third kappa shape index (κ3) is 3.65. The van der Waals surface area contributed by atoms with Gasteiger partial charge in [-0.1, -0.05) is 23.7 Å². The van der Waals surface area contributed by atoms with E-state index in [-0.39, 0.29) is 17.6 Å². The van der Waals surface area contributed by atoms with E-state index < -0.39 is 6.36 Å². The molecule has 0 saturated carbocycles. The molecule has 0 amide bonds. The first-order valence-electron chi connectivity index (χ1n) is 7.29. The Morgan fingerprint density at radius 1 is 1.12 bits per heavy atom. The van der Waals surface area contributed by atoms with E-state index in [4.69, 9.17) is 11.6 Å². The molecule has 0 bridgehead atoms. The third-order valence-electron chi connectivity index (χ3n) is 4.13. The Bertz CT molecular complexity index is 745. The average Bonchev–Trinajstić information content (AvgIpc) is 2.90. The van der Waals surface area contributed by atoms with E-state index in [9.17, 15) is 17.6 Å². The van der Waals surface area contributed by atoms with Crippen molar-refractivity contribution in [3.8, 4) is 5.75 Å². The first-order valence-corrected chi connectivity index (χ1v) is 7.67. The number of alkyl halides is 3. The van der Waals surface area contributed by atoms with Crippen molar-refractivity contribution in [2.45, 2.75) is 32.4 Å². The molecule has 0 spiro atoms. The largest absolute Gasteiger partial charge is 0.573 e. The second-order valence-corrected chi connectivity index (χ2v) is 6.13. The molecule has 0 fully saturated rings. The minimum absolute atomic E-state index is 0.0588. The molecule has 0 aliphatic carbocycles. The van der Waals surface area contributed by atoms with Gasteiger partial charge in [-0.05, 0) is 47.9 Å². The zero-order valence-corrected chi connectivity index (χ0v) is 13.5. The smallest absolute Gasteiger partial charge is 0.406 e. The van der Waals surface area contributed by atoms with Crippen LogP contribution in [0.5, 0.6) is 5.75 Å². The molecule has 2 aromatic rings. The quantitative estimate of drug-likeness (QED) is 0.675. The first-order chi connectivity index (χ1) is 11.2. The molecule has 24 heavy (non-hydrogen) atoms. The summed E-state index contributed by atoms with van der Waals surface area (Å²) in [4.78, 5) is 2.08. The predicted octanol–water partition coefficient (Wildman–Crippen LogP) is 5.45. The van der Waals surface area contributed by atoms with Crippen LogP contribution in [0.4, 0.5) is 17.6 Å². The summed E-state index contributed by atoms with van der Waals surface area (Å²) in [6.07, 6.45) is -4.70. The molecule has 0 aromatic heterocycles. The van der Waals surface area contributed by atoms with Crippen molar-refractivity contribution in [2.24, 2.45) is 0 Å². The van der Waals surface area contributed by atoms with Crippen LogP contribution >= 0.6 is 11.6 Å². The Balaban J connectivity index is 1.74. The number of ether oxygens (including phenoxy) is 1. The molecule has 1 unspecified atom stereocenters. The molecule has 128 valence electrons. The zero-order valence-electron chi connectivity index (χ0n) is 12.7. The highest BCUT2D eigenvalue weighted by atomic mass is 35.5. The average molecular weight is 360 g/mol. The van der Waals surface area contributed by atoms with Gasteiger partial charge in [-0.25, -0.2) is 4.39 Å². The maximum absolute atomic E-state index is 13.4. The van der Waals surface area contributed by atoms with Crippen LogP contribution in [-0.4, -0.2) is 11.3 Å². The second kappa shape index (κ2) is 6.26. The van der Waals surface area contributed by atoms with Gasteiger partial charge >= 0.3 is 6.36 Å². The zero-order chi connectivity index (χ0) is 17.5. The number of halogens is 5. The van der Waals surface area contributed by atoms with Crippen LogP contribution in [0.25, 0.3) is 0 Å². The summed E-state index contributed by atoms with van der Waals surface area (Å²) in [5.74, 6) is -0.629. The monoisotopic (exact) mass is 359 g/mol. The molecule has 1 heterocycles. The van der Waals surface area contributed by atoms with Crippen molar-refractivity contribution < 1.29 is 22.3 Å². The SMILES string of the molecule is CC(c1ccc(OC(F)(F)F)cc1)N1Cc2cc(F)cc(Cl)c2C1. The highest BCUT2D eigenvalue weighted by molar-refractivity contribution is 6.31. The summed E-state index contributed by atoms with van der Waals surface area (Å²) >= 11 is 6.08. The number of fused-ring (bicyclic) bond motifs is 1. The lowest BCUT2D eigenvalue weighted by molar-refractivity contribution is -0.274. The summed E-state index contributed by atoms with van der Waals surface area (Å²) in [5.41, 5.74) is 2.57. The van der Waals surface area contributed by atoms with Gasteiger partial charge in [-0.15, -0.1) is 13.2 Å². The van der Waals surface area contributed by atoms with Gasteiger partial charge in [0.2, 0.25) is 0 Å². The summed E-state index contributed by atoms with van der Waals surface area (Å²) in [6.45, 7) is 3.04. The van der Waals surface area contributed by atoms with Crippen LogP contribution in [-0.2, 0) is 13.1 Å². The molecular formula is C17H14ClF4NO. The molecule has 1 atom stereocenters. The predicted molar refractivity (Wildman–Crippen MR) is 82.2 cm³/mol. The van der Waals surface area contributed by atoms with E-state index in [1.165, 1.54) is 24.3 Å². The molecule has 2 nitrogen and oxygen atoms in total. The van der Waals surface area contributed by atoms with Crippen molar-refractivity contribution in [3.05, 3.63) is 63.9 Å². The van der Waals surface area contributed by atoms with Gasteiger partial charge in [0.05, 0.1) is 0 Å². The topological polar surface area (TPSA) is 12.5 Å². The lowest BCUT2D eigenvalue weighted by Crippen LogP contribution is -2.21. The van der Waals surface area contributed by atoms with E-state index in [0.717, 1.165) is 16.7 Å². The summed E-state index contributed by atoms with van der Waals surface area (Å²) in [7, 11) is 0. The van der Waals surface area contributed by atoms with Crippen LogP contribution in [0.2, 0.25) is 5.02 Å². The number of hydrogen-bond donors (Lipinski definition) is 0. The third-order valence-corrected chi connectivity index (χ3v) is 4.47. The maximum Gasteiger partial charge on any atom is 0.573 e. The Labute approximate surface area is 141 Å². The lowest BCUT2D eigenvalue weighted by Gasteiger charge is -2.24. The second-order valence-electron chi connectivity index (χ2n) is 5.72. The number of rotatable bonds is 3. The molecule has 1 aliphatic heterocycles. The molecule has 0 N–H and O–H groups in total. The van der Waals surface area contributed by atoms with Gasteiger partial charge in [0.15, 0.2) is 0 Å². The molecular weight excluding hydrogens is 346 g/mol. The normalized spacial score (nSPS) is 16.1. The Morgan fingerprint density at radius 2 is 1.79 bits per heavy atom. The van der Waals surface area contributed by atoms with Gasteiger partial charge in [-0.2, -0.15) is 0 Å². The van der Waals surface area contributed by atoms with Crippen LogP contribution < -0.4 is 4.74 Å². The van der Waals surface area contributed by atoms with Crippen LogP contribution in [0.3, 0.4) is 0 Å². The van der Waals surface area contributed by atoms with E-state index >= 15 is 0 Å². The highest BCUT2D eigenvalue weighted by Gasteiger charge is 2.31. The van der Waals surface area contributed by atoms with Crippen LogP contribution in [0.15, 0.2) is 36.4 Å². The fourth-order valence-corrected chi connectivity index (χ4v) is 3.17. The van der Waals surface area contributed by atoms with Crippen molar-refractivity contribution in [1.82, 2.24) is 4.90 Å². The lowest BCUT2D eigenvalue weighted by atomic mass is 10.1. The van der Waals surface area contributed by atoms with E-state index in [1.54, 1.807) is 12.1 Å².